The number of imidazole rings is 1. The van der Waals surface area contributed by atoms with E-state index in [0.29, 0.717) is 27.9 Å². The van der Waals surface area contributed by atoms with Crippen molar-refractivity contribution in [2.24, 2.45) is 5.92 Å². The maximum atomic E-state index is 13.7. The van der Waals surface area contributed by atoms with Gasteiger partial charge in [0, 0.05) is 30.3 Å². The smallest absolute Gasteiger partial charge is 0.278 e. The van der Waals surface area contributed by atoms with Crippen molar-refractivity contribution < 1.29 is 18.0 Å². The van der Waals surface area contributed by atoms with E-state index in [0.717, 1.165) is 16.7 Å². The van der Waals surface area contributed by atoms with Crippen molar-refractivity contribution >= 4 is 17.2 Å². The molecule has 1 saturated carbocycles. The third-order valence-electron chi connectivity index (χ3n) is 5.79. The molecular weight excluding hydrogens is 450 g/mol. The summed E-state index contributed by atoms with van der Waals surface area (Å²) in [6.07, 6.45) is 3.76. The molecule has 9 heteroatoms. The standard InChI is InChI=1S/C24H21ClF2N4O2/c1-13-6-18(25)22-28-19(11-31(22)10-13)23-29-21(30-33-23)17-4-5-20(14(2)7-17)32-12-16-8-15(3)24(26,27)9-16/h4-7,10-11,16H,3,8-9,12H2,1-2H3/t16-/m1/s1. The number of fused-ring (bicyclic) bond motifs is 1. The second kappa shape index (κ2) is 7.95. The Kier molecular flexibility index (Phi) is 5.20. The lowest BCUT2D eigenvalue weighted by atomic mass is 10.1. The van der Waals surface area contributed by atoms with E-state index in [1.165, 1.54) is 0 Å². The molecule has 0 aliphatic heterocycles. The van der Waals surface area contributed by atoms with Gasteiger partial charge in [0.25, 0.3) is 11.8 Å². The minimum absolute atomic E-state index is 0.0147. The molecule has 0 unspecified atom stereocenters. The molecule has 1 atom stereocenters. The molecule has 4 aromatic rings. The Morgan fingerprint density at radius 2 is 2.06 bits per heavy atom. The van der Waals surface area contributed by atoms with Gasteiger partial charge in [0.15, 0.2) is 5.65 Å². The van der Waals surface area contributed by atoms with E-state index in [1.54, 1.807) is 12.3 Å². The summed E-state index contributed by atoms with van der Waals surface area (Å²) in [4.78, 5) is 8.97. The highest BCUT2D eigenvalue weighted by Crippen LogP contribution is 2.42. The summed E-state index contributed by atoms with van der Waals surface area (Å²) in [5.74, 6) is -1.72. The third kappa shape index (κ3) is 4.11. The lowest BCUT2D eigenvalue weighted by Gasteiger charge is -2.14. The molecule has 33 heavy (non-hydrogen) atoms. The lowest BCUT2D eigenvalue weighted by molar-refractivity contribution is 0.0378. The van der Waals surface area contributed by atoms with Crippen molar-refractivity contribution in [2.75, 3.05) is 6.61 Å². The molecule has 3 aromatic heterocycles. The van der Waals surface area contributed by atoms with Gasteiger partial charge in [-0.3, -0.25) is 0 Å². The monoisotopic (exact) mass is 470 g/mol. The summed E-state index contributed by atoms with van der Waals surface area (Å²) in [6, 6.07) is 7.31. The SMILES string of the molecule is C=C1C[C@@H](COc2ccc(-c3noc(-c4cn5cc(C)cc(Cl)c5n4)n3)cc2C)CC1(F)F. The van der Waals surface area contributed by atoms with Crippen molar-refractivity contribution in [3.63, 3.8) is 0 Å². The minimum atomic E-state index is -2.80. The Labute approximate surface area is 193 Å². The average Bonchev–Trinajstić information content (AvgIpc) is 3.44. The van der Waals surface area contributed by atoms with Crippen LogP contribution in [0.2, 0.25) is 5.02 Å². The molecule has 3 heterocycles. The lowest BCUT2D eigenvalue weighted by Crippen LogP contribution is -2.14. The number of hydrogen-bond donors (Lipinski definition) is 0. The van der Waals surface area contributed by atoms with Gasteiger partial charge in [-0.25, -0.2) is 13.8 Å². The van der Waals surface area contributed by atoms with E-state index >= 15 is 0 Å². The van der Waals surface area contributed by atoms with Crippen LogP contribution in [0.25, 0.3) is 28.6 Å². The van der Waals surface area contributed by atoms with Gasteiger partial charge in [-0.15, -0.1) is 0 Å². The van der Waals surface area contributed by atoms with Crippen LogP contribution in [0.1, 0.15) is 24.0 Å². The van der Waals surface area contributed by atoms with Crippen LogP contribution in [-0.2, 0) is 0 Å². The predicted molar refractivity (Wildman–Crippen MR) is 121 cm³/mol. The normalized spacial score (nSPS) is 17.7. The zero-order valence-electron chi connectivity index (χ0n) is 18.1. The van der Waals surface area contributed by atoms with E-state index in [4.69, 9.17) is 20.9 Å². The first-order valence-corrected chi connectivity index (χ1v) is 10.9. The summed E-state index contributed by atoms with van der Waals surface area (Å²) in [5.41, 5.74) is 3.71. The van der Waals surface area contributed by atoms with Crippen LogP contribution < -0.4 is 4.74 Å². The van der Waals surface area contributed by atoms with Gasteiger partial charge in [-0.1, -0.05) is 23.3 Å². The summed E-state index contributed by atoms with van der Waals surface area (Å²) in [6.45, 7) is 7.53. The van der Waals surface area contributed by atoms with Crippen molar-refractivity contribution in [1.29, 1.82) is 0 Å². The zero-order valence-corrected chi connectivity index (χ0v) is 18.9. The molecule has 170 valence electrons. The molecule has 1 aliphatic rings. The van der Waals surface area contributed by atoms with Gasteiger partial charge in [0.05, 0.1) is 11.6 Å². The summed E-state index contributed by atoms with van der Waals surface area (Å²) >= 11 is 6.28. The Morgan fingerprint density at radius 3 is 2.79 bits per heavy atom. The van der Waals surface area contributed by atoms with E-state index in [9.17, 15) is 8.78 Å². The first-order chi connectivity index (χ1) is 15.7. The van der Waals surface area contributed by atoms with Crippen LogP contribution in [0.3, 0.4) is 0 Å². The highest BCUT2D eigenvalue weighted by molar-refractivity contribution is 6.33. The van der Waals surface area contributed by atoms with Gasteiger partial charge in [-0.2, -0.15) is 4.98 Å². The van der Waals surface area contributed by atoms with Crippen LogP contribution in [0.4, 0.5) is 8.78 Å². The number of ether oxygens (including phenoxy) is 1. The van der Waals surface area contributed by atoms with E-state index in [1.807, 2.05) is 42.6 Å². The summed E-state index contributed by atoms with van der Waals surface area (Å²) in [5, 5.41) is 4.61. The molecule has 1 aromatic carbocycles. The highest BCUT2D eigenvalue weighted by Gasteiger charge is 2.43. The first-order valence-electron chi connectivity index (χ1n) is 10.5. The van der Waals surface area contributed by atoms with Crippen LogP contribution in [0, 0.1) is 19.8 Å². The third-order valence-corrected chi connectivity index (χ3v) is 6.07. The maximum absolute atomic E-state index is 13.7. The molecule has 1 aliphatic carbocycles. The summed E-state index contributed by atoms with van der Waals surface area (Å²) in [7, 11) is 0. The van der Waals surface area contributed by atoms with Crippen molar-refractivity contribution in [3.8, 4) is 28.7 Å². The van der Waals surface area contributed by atoms with Crippen LogP contribution in [0.5, 0.6) is 5.75 Å². The number of alkyl halides is 2. The van der Waals surface area contributed by atoms with Gasteiger partial charge < -0.3 is 13.7 Å². The van der Waals surface area contributed by atoms with E-state index < -0.39 is 5.92 Å². The fourth-order valence-electron chi connectivity index (χ4n) is 4.09. The molecule has 0 bridgehead atoms. The number of benzene rings is 1. The number of pyridine rings is 1. The molecule has 0 amide bonds. The average molecular weight is 471 g/mol. The van der Waals surface area contributed by atoms with Gasteiger partial charge in [-0.05, 0) is 61.2 Å². The molecule has 0 spiro atoms. The predicted octanol–water partition coefficient (Wildman–Crippen LogP) is 6.30. The number of allylic oxidation sites excluding steroid dienone is 1. The topological polar surface area (TPSA) is 65.5 Å². The number of aromatic nitrogens is 4. The molecular formula is C24H21ClF2N4O2. The molecule has 0 saturated heterocycles. The first kappa shape index (κ1) is 21.6. The molecule has 0 N–H and O–H groups in total. The van der Waals surface area contributed by atoms with Crippen LogP contribution >= 0.6 is 11.6 Å². The Morgan fingerprint density at radius 1 is 1.24 bits per heavy atom. The molecule has 5 rings (SSSR count). The number of hydrogen-bond acceptors (Lipinski definition) is 5. The van der Waals surface area contributed by atoms with E-state index in [-0.39, 0.29) is 36.8 Å². The zero-order chi connectivity index (χ0) is 23.3. The second-order valence-electron chi connectivity index (χ2n) is 8.52. The highest BCUT2D eigenvalue weighted by atomic mass is 35.5. The van der Waals surface area contributed by atoms with Crippen LogP contribution in [-0.4, -0.2) is 32.1 Å². The number of halogens is 3. The maximum Gasteiger partial charge on any atom is 0.278 e. The number of rotatable bonds is 5. The fourth-order valence-corrected chi connectivity index (χ4v) is 4.40. The summed E-state index contributed by atoms with van der Waals surface area (Å²) < 4.78 is 40.4. The van der Waals surface area contributed by atoms with Gasteiger partial charge in [0.2, 0.25) is 5.82 Å². The largest absolute Gasteiger partial charge is 0.493 e. The Balaban J connectivity index is 1.32. The minimum Gasteiger partial charge on any atom is -0.493 e. The van der Waals surface area contributed by atoms with Crippen molar-refractivity contribution in [2.45, 2.75) is 32.6 Å². The molecule has 6 nitrogen and oxygen atoms in total. The van der Waals surface area contributed by atoms with E-state index in [2.05, 4.69) is 21.7 Å². The van der Waals surface area contributed by atoms with Crippen molar-refractivity contribution in [1.82, 2.24) is 19.5 Å². The fraction of sp³-hybridized carbons (Fsp3) is 0.292. The second-order valence-corrected chi connectivity index (χ2v) is 8.93. The Bertz CT molecular complexity index is 1380. The number of aryl methyl sites for hydroxylation is 2. The van der Waals surface area contributed by atoms with Crippen LogP contribution in [0.15, 0.2) is 53.3 Å². The Hall–Kier alpha value is -3.26. The number of nitrogens with zero attached hydrogens (tertiary/aromatic N) is 4. The molecule has 1 fully saturated rings. The van der Waals surface area contributed by atoms with Gasteiger partial charge in [0.1, 0.15) is 11.4 Å². The molecule has 0 radical (unpaired) electrons. The van der Waals surface area contributed by atoms with Gasteiger partial charge >= 0.3 is 0 Å². The quantitative estimate of drug-likeness (QED) is 0.320. The van der Waals surface area contributed by atoms with Crippen molar-refractivity contribution in [3.05, 3.63) is 65.0 Å².